The van der Waals surface area contributed by atoms with Crippen molar-refractivity contribution in [3.05, 3.63) is 59.1 Å². The average molecular weight is 504 g/mol. The molecule has 1 fully saturated rings. The van der Waals surface area contributed by atoms with E-state index in [2.05, 4.69) is 10.3 Å². The van der Waals surface area contributed by atoms with Crippen molar-refractivity contribution in [2.75, 3.05) is 28.3 Å². The molecule has 12 heteroatoms. The van der Waals surface area contributed by atoms with E-state index in [0.29, 0.717) is 15.9 Å². The van der Waals surface area contributed by atoms with E-state index in [0.717, 1.165) is 12.1 Å². The Hall–Kier alpha value is -2.24. The monoisotopic (exact) mass is 503 g/mol. The second-order valence-electron chi connectivity index (χ2n) is 7.40. The Bertz CT molecular complexity index is 1190. The minimum atomic E-state index is -4.53. The van der Waals surface area contributed by atoms with Crippen LogP contribution in [0.2, 0.25) is 5.02 Å². The van der Waals surface area contributed by atoms with Crippen LogP contribution < -0.4 is 10.2 Å². The third kappa shape index (κ3) is 5.21. The van der Waals surface area contributed by atoms with Crippen LogP contribution in [0.15, 0.2) is 53.5 Å². The molecule has 32 heavy (non-hydrogen) atoms. The number of benzene rings is 2. The van der Waals surface area contributed by atoms with Crippen LogP contribution in [0.4, 0.5) is 24.5 Å². The van der Waals surface area contributed by atoms with E-state index in [1.54, 1.807) is 29.2 Å². The van der Waals surface area contributed by atoms with Crippen LogP contribution in [0.1, 0.15) is 5.56 Å². The average Bonchev–Trinajstić information content (AvgIpc) is 3.19. The molecule has 1 saturated heterocycles. The predicted molar refractivity (Wildman–Crippen MR) is 120 cm³/mol. The van der Waals surface area contributed by atoms with Crippen LogP contribution in [-0.2, 0) is 20.8 Å². The first-order valence-electron chi connectivity index (χ1n) is 9.45. The van der Waals surface area contributed by atoms with Crippen molar-refractivity contribution in [3.63, 3.8) is 0 Å². The topological polar surface area (TPSA) is 78.8 Å². The minimum absolute atomic E-state index is 0.00908. The Kier molecular flexibility index (Phi) is 6.17. The van der Waals surface area contributed by atoms with Crippen molar-refractivity contribution in [3.8, 4) is 0 Å². The van der Waals surface area contributed by atoms with Crippen molar-refractivity contribution in [1.29, 1.82) is 0 Å². The van der Waals surface area contributed by atoms with Gasteiger partial charge >= 0.3 is 6.18 Å². The van der Waals surface area contributed by atoms with Gasteiger partial charge in [0.25, 0.3) is 0 Å². The van der Waals surface area contributed by atoms with Gasteiger partial charge in [-0.1, -0.05) is 35.5 Å². The summed E-state index contributed by atoms with van der Waals surface area (Å²) < 4.78 is 62.6. The number of anilines is 2. The van der Waals surface area contributed by atoms with Crippen molar-refractivity contribution >= 4 is 55.6 Å². The number of rotatable bonds is 4. The number of carbonyl (C=O) groups excluding carboxylic acids is 1. The Labute approximate surface area is 191 Å². The number of nitrogens with one attached hydrogen (secondary N) is 1. The summed E-state index contributed by atoms with van der Waals surface area (Å²) in [4.78, 5) is 18.8. The maximum absolute atomic E-state index is 13.0. The SMILES string of the molecule is O=C(CN(C1=N[C@H]2CS(=O)(=O)C[C@@H]2S1)c1cccc(Cl)c1)Nc1cccc(C(F)(F)F)c1. The summed E-state index contributed by atoms with van der Waals surface area (Å²) in [6.07, 6.45) is -4.53. The van der Waals surface area contributed by atoms with Crippen molar-refractivity contribution < 1.29 is 26.4 Å². The lowest BCUT2D eigenvalue weighted by molar-refractivity contribution is -0.137. The molecular weight excluding hydrogens is 487 g/mol. The molecule has 2 atom stereocenters. The zero-order chi connectivity index (χ0) is 23.1. The van der Waals surface area contributed by atoms with Crippen LogP contribution in [0, 0.1) is 0 Å². The predicted octanol–water partition coefficient (Wildman–Crippen LogP) is 4.07. The molecule has 2 aliphatic heterocycles. The molecule has 0 saturated carbocycles. The summed E-state index contributed by atoms with van der Waals surface area (Å²) in [5, 5.41) is 3.15. The second-order valence-corrected chi connectivity index (χ2v) is 11.2. The molecule has 2 aliphatic rings. The highest BCUT2D eigenvalue weighted by molar-refractivity contribution is 8.15. The van der Waals surface area contributed by atoms with E-state index >= 15 is 0 Å². The lowest BCUT2D eigenvalue weighted by Crippen LogP contribution is -2.36. The van der Waals surface area contributed by atoms with E-state index in [-0.39, 0.29) is 29.0 Å². The first-order chi connectivity index (χ1) is 15.0. The molecule has 1 amide bonds. The Morgan fingerprint density at radius 1 is 1.19 bits per heavy atom. The molecule has 0 spiro atoms. The van der Waals surface area contributed by atoms with E-state index < -0.39 is 33.5 Å². The zero-order valence-electron chi connectivity index (χ0n) is 16.3. The van der Waals surface area contributed by atoms with Gasteiger partial charge in [-0.3, -0.25) is 9.79 Å². The molecule has 0 aromatic heterocycles. The molecule has 0 radical (unpaired) electrons. The molecule has 0 bridgehead atoms. The summed E-state index contributed by atoms with van der Waals surface area (Å²) in [5.74, 6) is -0.597. The van der Waals surface area contributed by atoms with Crippen LogP contribution in [0.3, 0.4) is 0 Å². The maximum Gasteiger partial charge on any atom is 0.416 e. The maximum atomic E-state index is 13.0. The fraction of sp³-hybridized carbons (Fsp3) is 0.300. The first kappa shape index (κ1) is 22.9. The molecule has 2 aromatic carbocycles. The van der Waals surface area contributed by atoms with E-state index in [1.165, 1.54) is 23.9 Å². The second kappa shape index (κ2) is 8.60. The van der Waals surface area contributed by atoms with Crippen molar-refractivity contribution in [2.45, 2.75) is 17.5 Å². The standard InChI is InChI=1S/C20H17ClF3N3O3S2/c21-13-4-2-6-15(8-13)27(19-26-16-10-32(29,30)11-17(16)31-19)9-18(28)25-14-5-1-3-12(7-14)20(22,23)24/h1-8,16-17H,9-11H2,(H,25,28)/t16-,17-/m0/s1. The van der Waals surface area contributed by atoms with Gasteiger partial charge in [-0.15, -0.1) is 0 Å². The number of thioether (sulfide) groups is 1. The molecule has 0 aliphatic carbocycles. The molecule has 6 nitrogen and oxygen atoms in total. The Balaban J connectivity index is 1.56. The number of sulfone groups is 1. The lowest BCUT2D eigenvalue weighted by atomic mass is 10.2. The largest absolute Gasteiger partial charge is 0.416 e. The van der Waals surface area contributed by atoms with Gasteiger partial charge < -0.3 is 10.2 Å². The van der Waals surface area contributed by atoms with E-state index in [9.17, 15) is 26.4 Å². The van der Waals surface area contributed by atoms with Gasteiger partial charge in [0.1, 0.15) is 6.54 Å². The molecule has 2 heterocycles. The minimum Gasteiger partial charge on any atom is -0.325 e. The number of fused-ring (bicyclic) bond motifs is 1. The van der Waals surface area contributed by atoms with Crippen molar-refractivity contribution in [1.82, 2.24) is 0 Å². The highest BCUT2D eigenvalue weighted by atomic mass is 35.5. The van der Waals surface area contributed by atoms with Gasteiger partial charge in [-0.05, 0) is 36.4 Å². The van der Waals surface area contributed by atoms with Gasteiger partial charge in [-0.25, -0.2) is 8.42 Å². The Morgan fingerprint density at radius 2 is 1.94 bits per heavy atom. The number of hydrogen-bond donors (Lipinski definition) is 1. The number of aliphatic imine (C=N–C) groups is 1. The first-order valence-corrected chi connectivity index (χ1v) is 12.5. The zero-order valence-corrected chi connectivity index (χ0v) is 18.7. The summed E-state index contributed by atoms with van der Waals surface area (Å²) in [5.41, 5.74) is -0.294. The van der Waals surface area contributed by atoms with Gasteiger partial charge in [0.2, 0.25) is 5.91 Å². The molecule has 170 valence electrons. The van der Waals surface area contributed by atoms with Gasteiger partial charge in [0.15, 0.2) is 15.0 Å². The fourth-order valence-corrected chi connectivity index (χ4v) is 7.47. The number of carbonyl (C=O) groups is 1. The molecule has 0 unspecified atom stereocenters. The highest BCUT2D eigenvalue weighted by Gasteiger charge is 2.44. The number of amidine groups is 1. The van der Waals surface area contributed by atoms with Crippen LogP contribution in [0.5, 0.6) is 0 Å². The summed E-state index contributed by atoms with van der Waals surface area (Å²) >= 11 is 7.37. The Morgan fingerprint density at radius 3 is 2.62 bits per heavy atom. The van der Waals surface area contributed by atoms with Crippen molar-refractivity contribution in [2.24, 2.45) is 4.99 Å². The number of hydrogen-bond acceptors (Lipinski definition) is 6. The summed E-state index contributed by atoms with van der Waals surface area (Å²) in [7, 11) is -3.14. The number of halogens is 4. The number of alkyl halides is 3. The normalized spacial score (nSPS) is 21.7. The summed E-state index contributed by atoms with van der Waals surface area (Å²) in [6.45, 7) is -0.241. The fourth-order valence-electron chi connectivity index (χ4n) is 3.50. The number of nitrogens with zero attached hydrogens (tertiary/aromatic N) is 2. The third-order valence-electron chi connectivity index (χ3n) is 4.93. The smallest absolute Gasteiger partial charge is 0.325 e. The van der Waals surface area contributed by atoms with E-state index in [4.69, 9.17) is 11.6 Å². The van der Waals surface area contributed by atoms with E-state index in [1.807, 2.05) is 0 Å². The molecule has 2 aromatic rings. The quantitative estimate of drug-likeness (QED) is 0.680. The number of amides is 1. The molecular formula is C20H17ClF3N3O3S2. The highest BCUT2D eigenvalue weighted by Crippen LogP contribution is 2.37. The molecule has 4 rings (SSSR count). The summed E-state index contributed by atoms with van der Waals surface area (Å²) in [6, 6.07) is 10.7. The van der Waals surface area contributed by atoms with Crippen LogP contribution in [0.25, 0.3) is 0 Å². The van der Waals surface area contributed by atoms with Gasteiger partial charge in [-0.2, -0.15) is 13.2 Å². The van der Waals surface area contributed by atoms with Crippen LogP contribution in [-0.4, -0.2) is 48.8 Å². The van der Waals surface area contributed by atoms with Gasteiger partial charge in [0, 0.05) is 21.6 Å². The van der Waals surface area contributed by atoms with Crippen LogP contribution >= 0.6 is 23.4 Å². The van der Waals surface area contributed by atoms with Gasteiger partial charge in [0.05, 0.1) is 23.1 Å². The lowest BCUT2D eigenvalue weighted by Gasteiger charge is -2.24. The third-order valence-corrected chi connectivity index (χ3v) is 8.41. The molecule has 1 N–H and O–H groups in total.